The minimum atomic E-state index is -0.637. The normalized spacial score (nSPS) is 10.9. The van der Waals surface area contributed by atoms with Crippen molar-refractivity contribution < 1.29 is 14.3 Å². The average Bonchev–Trinajstić information content (AvgIpc) is 3.23. The molecule has 1 N–H and O–H groups in total. The summed E-state index contributed by atoms with van der Waals surface area (Å²) in [6, 6.07) is 21.2. The third kappa shape index (κ3) is 4.40. The average molecular weight is 441 g/mol. The predicted octanol–water partition coefficient (Wildman–Crippen LogP) is 5.95. The first-order valence-electron chi connectivity index (χ1n) is 11.4. The highest BCUT2D eigenvalue weighted by atomic mass is 16.5. The molecule has 33 heavy (non-hydrogen) atoms. The fraction of sp³-hybridized carbons (Fsp3) is 0.214. The van der Waals surface area contributed by atoms with Crippen LogP contribution in [0.2, 0.25) is 0 Å². The molecular weight excluding hydrogens is 412 g/mol. The highest BCUT2D eigenvalue weighted by Gasteiger charge is 2.26. The number of anilines is 1. The van der Waals surface area contributed by atoms with E-state index in [9.17, 15) is 9.59 Å². The van der Waals surface area contributed by atoms with Gasteiger partial charge in [0.2, 0.25) is 0 Å². The van der Waals surface area contributed by atoms with E-state index in [0.717, 1.165) is 46.5 Å². The maximum Gasteiger partial charge on any atom is 0.298 e. The van der Waals surface area contributed by atoms with Crippen molar-refractivity contribution in [2.24, 2.45) is 0 Å². The van der Waals surface area contributed by atoms with Crippen LogP contribution >= 0.6 is 0 Å². The standard InChI is InChI=1S/C28H28N2O3/c1-4-19-10-9-11-20(5-2)25(19)29-28(32)27(31)26-24(18-22-12-7-8-17-30(22)26)21-13-15-23(16-14-21)33-6-3/h7-18H,4-6H2,1-3H3,(H,29,32). The van der Waals surface area contributed by atoms with Crippen molar-refractivity contribution in [2.45, 2.75) is 33.6 Å². The van der Waals surface area contributed by atoms with Gasteiger partial charge in [-0.15, -0.1) is 0 Å². The van der Waals surface area contributed by atoms with E-state index in [2.05, 4.69) is 5.32 Å². The number of rotatable bonds is 8. The van der Waals surface area contributed by atoms with Crippen LogP contribution in [-0.2, 0) is 17.6 Å². The first-order valence-corrected chi connectivity index (χ1v) is 11.4. The summed E-state index contributed by atoms with van der Waals surface area (Å²) >= 11 is 0. The number of para-hydroxylation sites is 1. The Morgan fingerprint density at radius 1 is 0.879 bits per heavy atom. The summed E-state index contributed by atoms with van der Waals surface area (Å²) in [6.45, 7) is 6.59. The van der Waals surface area contributed by atoms with Crippen molar-refractivity contribution in [2.75, 3.05) is 11.9 Å². The van der Waals surface area contributed by atoms with Gasteiger partial charge in [0.25, 0.3) is 11.7 Å². The third-order valence-electron chi connectivity index (χ3n) is 5.81. The molecule has 0 radical (unpaired) electrons. The van der Waals surface area contributed by atoms with Gasteiger partial charge in [0.15, 0.2) is 0 Å². The molecule has 0 saturated carbocycles. The number of benzene rings is 2. The maximum absolute atomic E-state index is 13.5. The summed E-state index contributed by atoms with van der Waals surface area (Å²) in [5.41, 5.74) is 5.53. The van der Waals surface area contributed by atoms with Gasteiger partial charge in [0.1, 0.15) is 11.4 Å². The lowest BCUT2D eigenvalue weighted by atomic mass is 10.0. The van der Waals surface area contributed by atoms with E-state index in [0.29, 0.717) is 17.9 Å². The molecule has 0 aliphatic carbocycles. The number of hydrogen-bond acceptors (Lipinski definition) is 3. The van der Waals surface area contributed by atoms with Gasteiger partial charge in [-0.1, -0.05) is 50.2 Å². The van der Waals surface area contributed by atoms with Gasteiger partial charge in [0, 0.05) is 23.0 Å². The quantitative estimate of drug-likeness (QED) is 0.272. The maximum atomic E-state index is 13.5. The van der Waals surface area contributed by atoms with Crippen LogP contribution in [-0.4, -0.2) is 22.7 Å². The van der Waals surface area contributed by atoms with Crippen molar-refractivity contribution in [3.05, 3.63) is 89.7 Å². The van der Waals surface area contributed by atoms with E-state index in [1.54, 1.807) is 4.40 Å². The molecule has 1 amide bonds. The Labute approximate surface area is 194 Å². The largest absolute Gasteiger partial charge is 0.494 e. The number of carbonyl (C=O) groups excluding carboxylic acids is 2. The predicted molar refractivity (Wildman–Crippen MR) is 132 cm³/mol. The fourth-order valence-corrected chi connectivity index (χ4v) is 4.15. The minimum absolute atomic E-state index is 0.347. The number of aryl methyl sites for hydroxylation is 2. The summed E-state index contributed by atoms with van der Waals surface area (Å²) < 4.78 is 7.32. The molecule has 0 unspecified atom stereocenters. The number of Topliss-reactive ketones (excluding diaryl/α,β-unsaturated/α-hetero) is 1. The van der Waals surface area contributed by atoms with Crippen molar-refractivity contribution in [3.63, 3.8) is 0 Å². The minimum Gasteiger partial charge on any atom is -0.494 e. The zero-order chi connectivity index (χ0) is 23.4. The molecule has 2 aromatic heterocycles. The van der Waals surface area contributed by atoms with E-state index in [1.807, 2.05) is 93.7 Å². The van der Waals surface area contributed by atoms with Gasteiger partial charge < -0.3 is 14.5 Å². The van der Waals surface area contributed by atoms with Crippen molar-refractivity contribution >= 4 is 22.9 Å². The summed E-state index contributed by atoms with van der Waals surface area (Å²) in [5.74, 6) is -0.446. The van der Waals surface area contributed by atoms with Crippen LogP contribution in [0, 0.1) is 0 Å². The number of pyridine rings is 1. The lowest BCUT2D eigenvalue weighted by Crippen LogP contribution is -2.25. The number of aromatic nitrogens is 1. The fourth-order valence-electron chi connectivity index (χ4n) is 4.15. The van der Waals surface area contributed by atoms with E-state index < -0.39 is 11.7 Å². The first-order chi connectivity index (χ1) is 16.1. The Morgan fingerprint density at radius 3 is 2.21 bits per heavy atom. The van der Waals surface area contributed by atoms with Gasteiger partial charge in [0.05, 0.1) is 6.61 Å². The summed E-state index contributed by atoms with van der Waals surface area (Å²) in [6.07, 6.45) is 3.34. The first kappa shape index (κ1) is 22.3. The molecule has 2 aromatic carbocycles. The number of hydrogen-bond donors (Lipinski definition) is 1. The van der Waals surface area contributed by atoms with Gasteiger partial charge in [-0.25, -0.2) is 0 Å². The number of nitrogens with one attached hydrogen (secondary N) is 1. The Balaban J connectivity index is 1.75. The van der Waals surface area contributed by atoms with E-state index in [1.165, 1.54) is 0 Å². The monoisotopic (exact) mass is 440 g/mol. The number of amides is 1. The number of fused-ring (bicyclic) bond motifs is 1. The number of ether oxygens (including phenoxy) is 1. The van der Waals surface area contributed by atoms with Gasteiger partial charge in [-0.3, -0.25) is 9.59 Å². The molecule has 2 heterocycles. The van der Waals surface area contributed by atoms with Crippen LogP contribution < -0.4 is 10.1 Å². The number of carbonyl (C=O) groups is 2. The van der Waals surface area contributed by atoms with Crippen LogP contribution in [0.1, 0.15) is 42.4 Å². The highest BCUT2D eigenvalue weighted by Crippen LogP contribution is 2.30. The molecule has 4 rings (SSSR count). The van der Waals surface area contributed by atoms with Crippen molar-refractivity contribution in [1.82, 2.24) is 4.40 Å². The number of ketones is 1. The zero-order valence-corrected chi connectivity index (χ0v) is 19.2. The Morgan fingerprint density at radius 2 is 1.58 bits per heavy atom. The van der Waals surface area contributed by atoms with Crippen LogP contribution in [0.15, 0.2) is 72.9 Å². The van der Waals surface area contributed by atoms with E-state index in [-0.39, 0.29) is 0 Å². The SMILES string of the molecule is CCOc1ccc(-c2cc3ccccn3c2C(=O)C(=O)Nc2c(CC)cccc2CC)cc1. The second-order valence-electron chi connectivity index (χ2n) is 7.80. The summed E-state index contributed by atoms with van der Waals surface area (Å²) in [4.78, 5) is 26.7. The van der Waals surface area contributed by atoms with E-state index in [4.69, 9.17) is 4.74 Å². The topological polar surface area (TPSA) is 59.8 Å². The Bertz CT molecular complexity index is 1280. The van der Waals surface area contributed by atoms with Gasteiger partial charge >= 0.3 is 0 Å². The van der Waals surface area contributed by atoms with Crippen LogP contribution in [0.3, 0.4) is 0 Å². The Hall–Kier alpha value is -3.86. The Kier molecular flexibility index (Phi) is 6.59. The van der Waals surface area contributed by atoms with Crippen LogP contribution in [0.25, 0.3) is 16.6 Å². The highest BCUT2D eigenvalue weighted by molar-refractivity contribution is 6.47. The molecule has 0 fully saturated rings. The van der Waals surface area contributed by atoms with Crippen LogP contribution in [0.5, 0.6) is 5.75 Å². The second kappa shape index (κ2) is 9.74. The van der Waals surface area contributed by atoms with Gasteiger partial charge in [-0.2, -0.15) is 0 Å². The molecule has 0 atom stereocenters. The third-order valence-corrected chi connectivity index (χ3v) is 5.81. The van der Waals surface area contributed by atoms with E-state index >= 15 is 0 Å². The van der Waals surface area contributed by atoms with Crippen molar-refractivity contribution in [3.8, 4) is 16.9 Å². The van der Waals surface area contributed by atoms with Crippen LogP contribution in [0.4, 0.5) is 5.69 Å². The molecular formula is C28H28N2O3. The molecule has 0 aliphatic heterocycles. The molecule has 5 nitrogen and oxygen atoms in total. The summed E-state index contributed by atoms with van der Waals surface area (Å²) in [5, 5.41) is 2.92. The molecule has 0 bridgehead atoms. The van der Waals surface area contributed by atoms with Crippen molar-refractivity contribution in [1.29, 1.82) is 0 Å². The molecule has 0 aliphatic rings. The number of nitrogens with zero attached hydrogens (tertiary/aromatic N) is 1. The molecule has 0 spiro atoms. The lowest BCUT2D eigenvalue weighted by Gasteiger charge is -2.14. The molecule has 168 valence electrons. The smallest absolute Gasteiger partial charge is 0.298 e. The molecule has 4 aromatic rings. The summed E-state index contributed by atoms with van der Waals surface area (Å²) in [7, 11) is 0. The lowest BCUT2D eigenvalue weighted by molar-refractivity contribution is -0.112. The molecule has 5 heteroatoms. The second-order valence-corrected chi connectivity index (χ2v) is 7.80. The van der Waals surface area contributed by atoms with Gasteiger partial charge in [-0.05, 0) is 66.8 Å². The zero-order valence-electron chi connectivity index (χ0n) is 19.2. The molecule has 0 saturated heterocycles.